The number of thiazole rings is 1. The van der Waals surface area contributed by atoms with E-state index >= 15 is 0 Å². The lowest BCUT2D eigenvalue weighted by atomic mass is 10.1. The molecule has 0 radical (unpaired) electrons. The second kappa shape index (κ2) is 5.18. The van der Waals surface area contributed by atoms with Gasteiger partial charge >= 0.3 is 0 Å². The zero-order valence-electron chi connectivity index (χ0n) is 10.3. The van der Waals surface area contributed by atoms with Crippen molar-refractivity contribution in [2.75, 3.05) is 19.8 Å². The number of ether oxygens (including phenoxy) is 1. The van der Waals surface area contributed by atoms with Gasteiger partial charge in [0.05, 0.1) is 24.9 Å². The fourth-order valence-corrected chi connectivity index (χ4v) is 2.98. The molecule has 0 spiro atoms. The van der Waals surface area contributed by atoms with Gasteiger partial charge in [-0.2, -0.15) is 0 Å². The summed E-state index contributed by atoms with van der Waals surface area (Å²) < 4.78 is 5.47. The number of aryl methyl sites for hydroxylation is 1. The Morgan fingerprint density at radius 2 is 2.39 bits per heavy atom. The summed E-state index contributed by atoms with van der Waals surface area (Å²) in [6.07, 6.45) is 0. The maximum absolute atomic E-state index is 5.47. The average molecular weight is 260 g/mol. The minimum absolute atomic E-state index is 0.244. The third kappa shape index (κ3) is 2.46. The van der Waals surface area contributed by atoms with E-state index < -0.39 is 0 Å². The van der Waals surface area contributed by atoms with Gasteiger partial charge in [-0.15, -0.1) is 11.3 Å². The molecule has 1 atom stereocenters. The molecular formula is C14H16N2OS. The van der Waals surface area contributed by atoms with E-state index in [4.69, 9.17) is 9.72 Å². The van der Waals surface area contributed by atoms with Crippen molar-refractivity contribution in [3.8, 4) is 10.6 Å². The summed E-state index contributed by atoms with van der Waals surface area (Å²) in [7, 11) is 0. The Labute approximate surface area is 111 Å². The molecule has 0 aliphatic carbocycles. The lowest BCUT2D eigenvalue weighted by Crippen LogP contribution is -2.34. The Morgan fingerprint density at radius 3 is 3.17 bits per heavy atom. The first-order chi connectivity index (χ1) is 8.83. The van der Waals surface area contributed by atoms with E-state index in [-0.39, 0.29) is 6.04 Å². The number of aromatic nitrogens is 1. The van der Waals surface area contributed by atoms with Crippen molar-refractivity contribution in [2.24, 2.45) is 0 Å². The minimum atomic E-state index is 0.244. The number of hydrogen-bond donors (Lipinski definition) is 1. The molecule has 0 saturated carbocycles. The molecular weight excluding hydrogens is 244 g/mol. The predicted molar refractivity (Wildman–Crippen MR) is 73.8 cm³/mol. The van der Waals surface area contributed by atoms with Crippen molar-refractivity contribution in [3.05, 3.63) is 40.9 Å². The summed E-state index contributed by atoms with van der Waals surface area (Å²) >= 11 is 1.70. The number of nitrogens with one attached hydrogen (secondary N) is 1. The van der Waals surface area contributed by atoms with Crippen LogP contribution in [0.4, 0.5) is 0 Å². The second-order valence-corrected chi connectivity index (χ2v) is 5.39. The number of morpholine rings is 1. The monoisotopic (exact) mass is 260 g/mol. The van der Waals surface area contributed by atoms with Gasteiger partial charge in [0.2, 0.25) is 0 Å². The van der Waals surface area contributed by atoms with E-state index in [1.807, 2.05) is 0 Å². The quantitative estimate of drug-likeness (QED) is 0.901. The number of benzene rings is 1. The molecule has 2 heterocycles. The predicted octanol–water partition coefficient (Wildman–Crippen LogP) is 2.78. The van der Waals surface area contributed by atoms with Gasteiger partial charge in [-0.1, -0.05) is 23.8 Å². The van der Waals surface area contributed by atoms with Gasteiger partial charge in [-0.05, 0) is 13.0 Å². The Balaban J connectivity index is 1.84. The van der Waals surface area contributed by atoms with Crippen LogP contribution >= 0.6 is 11.3 Å². The van der Waals surface area contributed by atoms with Crippen LogP contribution in [-0.4, -0.2) is 24.7 Å². The van der Waals surface area contributed by atoms with Crippen LogP contribution in [0.25, 0.3) is 10.6 Å². The summed E-state index contributed by atoms with van der Waals surface area (Å²) in [4.78, 5) is 4.72. The van der Waals surface area contributed by atoms with Crippen LogP contribution in [-0.2, 0) is 4.74 Å². The van der Waals surface area contributed by atoms with Crippen LogP contribution in [0, 0.1) is 6.92 Å². The molecule has 1 aromatic heterocycles. The molecule has 4 heteroatoms. The molecule has 1 saturated heterocycles. The van der Waals surface area contributed by atoms with E-state index in [9.17, 15) is 0 Å². The molecule has 1 fully saturated rings. The molecule has 0 amide bonds. The third-order valence-corrected chi connectivity index (χ3v) is 3.98. The fraction of sp³-hybridized carbons (Fsp3) is 0.357. The van der Waals surface area contributed by atoms with Crippen molar-refractivity contribution in [1.82, 2.24) is 10.3 Å². The van der Waals surface area contributed by atoms with Crippen LogP contribution in [0.1, 0.15) is 17.3 Å². The highest BCUT2D eigenvalue weighted by atomic mass is 32.1. The summed E-state index contributed by atoms with van der Waals surface area (Å²) in [6.45, 7) is 4.53. The first-order valence-electron chi connectivity index (χ1n) is 6.16. The molecule has 18 heavy (non-hydrogen) atoms. The van der Waals surface area contributed by atoms with Gasteiger partial charge in [0.25, 0.3) is 0 Å². The zero-order valence-corrected chi connectivity index (χ0v) is 11.2. The lowest BCUT2D eigenvalue weighted by Gasteiger charge is -2.22. The first kappa shape index (κ1) is 11.8. The van der Waals surface area contributed by atoms with E-state index in [2.05, 4.69) is 41.9 Å². The SMILES string of the molecule is Cc1cccc(-c2nc(C3COCCN3)cs2)c1. The second-order valence-electron chi connectivity index (χ2n) is 4.53. The summed E-state index contributed by atoms with van der Waals surface area (Å²) in [6, 6.07) is 8.71. The van der Waals surface area contributed by atoms with Gasteiger partial charge in [0.1, 0.15) is 5.01 Å². The first-order valence-corrected chi connectivity index (χ1v) is 7.04. The molecule has 94 valence electrons. The highest BCUT2D eigenvalue weighted by Crippen LogP contribution is 2.27. The van der Waals surface area contributed by atoms with Gasteiger partial charge in [0, 0.05) is 17.5 Å². The van der Waals surface area contributed by atoms with Crippen LogP contribution in [0.3, 0.4) is 0 Å². The van der Waals surface area contributed by atoms with Gasteiger partial charge in [0.15, 0.2) is 0 Å². The number of hydrogen-bond acceptors (Lipinski definition) is 4. The van der Waals surface area contributed by atoms with E-state index in [0.29, 0.717) is 0 Å². The maximum atomic E-state index is 5.47. The molecule has 3 nitrogen and oxygen atoms in total. The Kier molecular flexibility index (Phi) is 3.41. The van der Waals surface area contributed by atoms with Crippen molar-refractivity contribution in [1.29, 1.82) is 0 Å². The summed E-state index contributed by atoms with van der Waals surface area (Å²) in [5.74, 6) is 0. The topological polar surface area (TPSA) is 34.1 Å². The highest BCUT2D eigenvalue weighted by molar-refractivity contribution is 7.13. The number of nitrogens with zero attached hydrogens (tertiary/aromatic N) is 1. The van der Waals surface area contributed by atoms with Crippen LogP contribution < -0.4 is 5.32 Å². The van der Waals surface area contributed by atoms with Crippen LogP contribution in [0.5, 0.6) is 0 Å². The Hall–Kier alpha value is -1.23. The third-order valence-electron chi connectivity index (χ3n) is 3.07. The van der Waals surface area contributed by atoms with Gasteiger partial charge in [-0.25, -0.2) is 4.98 Å². The Morgan fingerprint density at radius 1 is 1.44 bits per heavy atom. The smallest absolute Gasteiger partial charge is 0.123 e. The van der Waals surface area contributed by atoms with Gasteiger partial charge < -0.3 is 10.1 Å². The Bertz CT molecular complexity index is 532. The van der Waals surface area contributed by atoms with Crippen molar-refractivity contribution >= 4 is 11.3 Å². The molecule has 2 aromatic rings. The molecule has 1 aliphatic rings. The highest BCUT2D eigenvalue weighted by Gasteiger charge is 2.18. The van der Waals surface area contributed by atoms with Crippen molar-refractivity contribution < 1.29 is 4.74 Å². The molecule has 3 rings (SSSR count). The molecule has 1 aromatic carbocycles. The van der Waals surface area contributed by atoms with E-state index in [0.717, 1.165) is 30.5 Å². The fourth-order valence-electron chi connectivity index (χ4n) is 2.11. The van der Waals surface area contributed by atoms with E-state index in [1.165, 1.54) is 11.1 Å². The zero-order chi connectivity index (χ0) is 12.4. The minimum Gasteiger partial charge on any atom is -0.378 e. The summed E-state index contributed by atoms with van der Waals surface area (Å²) in [5.41, 5.74) is 3.56. The number of rotatable bonds is 2. The van der Waals surface area contributed by atoms with Crippen LogP contribution in [0.2, 0.25) is 0 Å². The van der Waals surface area contributed by atoms with Gasteiger partial charge in [-0.3, -0.25) is 0 Å². The lowest BCUT2D eigenvalue weighted by molar-refractivity contribution is 0.0758. The van der Waals surface area contributed by atoms with Crippen LogP contribution in [0.15, 0.2) is 29.6 Å². The summed E-state index contributed by atoms with van der Waals surface area (Å²) in [5, 5.41) is 6.64. The maximum Gasteiger partial charge on any atom is 0.123 e. The van der Waals surface area contributed by atoms with Crippen molar-refractivity contribution in [2.45, 2.75) is 13.0 Å². The molecule has 1 aliphatic heterocycles. The normalized spacial score (nSPS) is 19.9. The molecule has 1 unspecified atom stereocenters. The largest absolute Gasteiger partial charge is 0.378 e. The average Bonchev–Trinajstić information content (AvgIpc) is 2.89. The standard InChI is InChI=1S/C14H16N2OS/c1-10-3-2-4-11(7-10)14-16-13(9-18-14)12-8-17-6-5-15-12/h2-4,7,9,12,15H,5-6,8H2,1H3. The van der Waals surface area contributed by atoms with Crippen molar-refractivity contribution in [3.63, 3.8) is 0 Å². The van der Waals surface area contributed by atoms with E-state index in [1.54, 1.807) is 11.3 Å². The molecule has 0 bridgehead atoms. The molecule has 1 N–H and O–H groups in total.